The van der Waals surface area contributed by atoms with Crippen molar-refractivity contribution in [1.82, 2.24) is 4.31 Å². The zero-order chi connectivity index (χ0) is 15.5. The van der Waals surface area contributed by atoms with Crippen LogP contribution < -0.4 is 10.5 Å². The zero-order valence-electron chi connectivity index (χ0n) is 12.2. The van der Waals surface area contributed by atoms with Gasteiger partial charge in [-0.2, -0.15) is 4.31 Å². The molecule has 0 saturated carbocycles. The van der Waals surface area contributed by atoms with E-state index < -0.39 is 15.8 Å². The highest BCUT2D eigenvalue weighted by Gasteiger charge is 2.27. The Morgan fingerprint density at radius 1 is 1.35 bits per heavy atom. The van der Waals surface area contributed by atoms with E-state index in [4.69, 9.17) is 10.5 Å². The lowest BCUT2D eigenvalue weighted by atomic mass is 10.2. The Bertz CT molecular complexity index is 548. The summed E-state index contributed by atoms with van der Waals surface area (Å²) in [5.74, 6) is -0.932. The van der Waals surface area contributed by atoms with Gasteiger partial charge >= 0.3 is 0 Å². The van der Waals surface area contributed by atoms with Gasteiger partial charge in [0.15, 0.2) is 11.6 Å². The molecule has 0 spiro atoms. The number of methoxy groups -OCH3 is 1. The number of hydrogen-bond donors (Lipinski definition) is 1. The molecule has 0 amide bonds. The topological polar surface area (TPSA) is 72.6 Å². The van der Waals surface area contributed by atoms with E-state index >= 15 is 0 Å². The third-order valence-corrected chi connectivity index (χ3v) is 5.27. The fraction of sp³-hybridized carbons (Fsp3) is 0.538. The van der Waals surface area contributed by atoms with E-state index in [9.17, 15) is 12.8 Å². The molecule has 0 bridgehead atoms. The van der Waals surface area contributed by atoms with Crippen molar-refractivity contribution >= 4 is 15.7 Å². The number of ether oxygens (including phenoxy) is 1. The van der Waals surface area contributed by atoms with Gasteiger partial charge in [0.25, 0.3) is 0 Å². The lowest BCUT2D eigenvalue weighted by molar-refractivity contribution is 0.349. The Morgan fingerprint density at radius 2 is 1.90 bits per heavy atom. The summed E-state index contributed by atoms with van der Waals surface area (Å²) in [5.41, 5.74) is 5.58. The normalized spacial score (nSPS) is 12.2. The van der Waals surface area contributed by atoms with Gasteiger partial charge in [0.1, 0.15) is 0 Å². The van der Waals surface area contributed by atoms with Gasteiger partial charge in [-0.3, -0.25) is 0 Å². The van der Waals surface area contributed by atoms with Crippen LogP contribution in [-0.4, -0.2) is 32.9 Å². The van der Waals surface area contributed by atoms with Gasteiger partial charge in [-0.25, -0.2) is 12.8 Å². The number of rotatable bonds is 6. The van der Waals surface area contributed by atoms with Crippen LogP contribution in [0.4, 0.5) is 10.1 Å². The molecule has 0 heterocycles. The summed E-state index contributed by atoms with van der Waals surface area (Å²) in [4.78, 5) is -0.164. The minimum absolute atomic E-state index is 0.0379. The molecule has 1 rings (SSSR count). The first kappa shape index (κ1) is 16.7. The summed E-state index contributed by atoms with van der Waals surface area (Å²) in [7, 11) is -1.01. The lowest BCUT2D eigenvalue weighted by Gasteiger charge is -2.25. The number of sulfonamides is 1. The van der Waals surface area contributed by atoms with Crippen LogP contribution in [-0.2, 0) is 10.0 Å². The number of halogens is 1. The molecule has 0 aromatic heterocycles. The Kier molecular flexibility index (Phi) is 5.35. The molecule has 0 aliphatic rings. The van der Waals surface area contributed by atoms with E-state index in [0.29, 0.717) is 12.8 Å². The van der Waals surface area contributed by atoms with Gasteiger partial charge in [-0.1, -0.05) is 13.8 Å². The van der Waals surface area contributed by atoms with Gasteiger partial charge in [0.05, 0.1) is 17.7 Å². The maximum absolute atomic E-state index is 13.8. The van der Waals surface area contributed by atoms with Gasteiger partial charge in [-0.05, 0) is 25.0 Å². The summed E-state index contributed by atoms with van der Waals surface area (Å²) >= 11 is 0. The minimum Gasteiger partial charge on any atom is -0.492 e. The third kappa shape index (κ3) is 3.04. The lowest BCUT2D eigenvalue weighted by Crippen LogP contribution is -2.36. The highest BCUT2D eigenvalue weighted by atomic mass is 32.2. The predicted octanol–water partition coefficient (Wildman–Crippen LogP) is 2.23. The third-order valence-electron chi connectivity index (χ3n) is 3.38. The van der Waals surface area contributed by atoms with E-state index in [-0.39, 0.29) is 22.4 Å². The predicted molar refractivity (Wildman–Crippen MR) is 76.7 cm³/mol. The Hall–Kier alpha value is -1.34. The summed E-state index contributed by atoms with van der Waals surface area (Å²) in [5, 5.41) is 0. The SMILES string of the molecule is CCC(CC)N(C)S(=O)(=O)c1cc(N)c(OC)c(F)c1. The van der Waals surface area contributed by atoms with Crippen LogP contribution in [0.15, 0.2) is 17.0 Å². The molecule has 0 saturated heterocycles. The van der Waals surface area contributed by atoms with E-state index in [2.05, 4.69) is 0 Å². The van der Waals surface area contributed by atoms with Crippen molar-refractivity contribution in [2.24, 2.45) is 0 Å². The van der Waals surface area contributed by atoms with Crippen LogP contribution >= 0.6 is 0 Å². The molecule has 5 nitrogen and oxygen atoms in total. The second kappa shape index (κ2) is 6.41. The van der Waals surface area contributed by atoms with Crippen LogP contribution in [0, 0.1) is 5.82 Å². The van der Waals surface area contributed by atoms with Crippen molar-refractivity contribution in [2.75, 3.05) is 19.9 Å². The molecule has 0 unspecified atom stereocenters. The first-order valence-corrected chi connectivity index (χ1v) is 7.84. The van der Waals surface area contributed by atoms with E-state index in [1.165, 1.54) is 24.5 Å². The van der Waals surface area contributed by atoms with Crippen molar-refractivity contribution < 1.29 is 17.5 Å². The van der Waals surface area contributed by atoms with Gasteiger partial charge in [0, 0.05) is 13.1 Å². The standard InChI is InChI=1S/C13H21FN2O3S/c1-5-9(6-2)16(3)20(17,18)10-7-11(14)13(19-4)12(15)8-10/h7-9H,5-6,15H2,1-4H3. The maximum atomic E-state index is 13.8. The molecule has 7 heteroatoms. The molecule has 0 fully saturated rings. The molecular weight excluding hydrogens is 283 g/mol. The molecule has 0 atom stereocenters. The van der Waals surface area contributed by atoms with Crippen LogP contribution in [0.5, 0.6) is 5.75 Å². The van der Waals surface area contributed by atoms with Crippen LogP contribution in [0.3, 0.4) is 0 Å². The molecule has 0 radical (unpaired) electrons. The monoisotopic (exact) mass is 304 g/mol. The summed E-state index contributed by atoms with van der Waals surface area (Å²) in [6.07, 6.45) is 1.36. The number of benzene rings is 1. The number of nitrogens with two attached hydrogens (primary N) is 1. The van der Waals surface area contributed by atoms with Gasteiger partial charge in [-0.15, -0.1) is 0 Å². The fourth-order valence-corrected chi connectivity index (χ4v) is 3.67. The van der Waals surface area contributed by atoms with Crippen molar-refractivity contribution in [3.8, 4) is 5.75 Å². The first-order valence-electron chi connectivity index (χ1n) is 6.40. The maximum Gasteiger partial charge on any atom is 0.243 e. The highest BCUT2D eigenvalue weighted by molar-refractivity contribution is 7.89. The summed E-state index contributed by atoms with van der Waals surface area (Å²) in [6.45, 7) is 3.81. The van der Waals surface area contributed by atoms with Crippen molar-refractivity contribution in [1.29, 1.82) is 0 Å². The molecule has 0 aliphatic heterocycles. The average Bonchev–Trinajstić information content (AvgIpc) is 2.39. The van der Waals surface area contributed by atoms with E-state index in [1.54, 1.807) is 0 Å². The largest absolute Gasteiger partial charge is 0.492 e. The molecule has 114 valence electrons. The molecule has 20 heavy (non-hydrogen) atoms. The summed E-state index contributed by atoms with van der Waals surface area (Å²) in [6, 6.07) is 2.02. The molecule has 0 aliphatic carbocycles. The molecular formula is C13H21FN2O3S. The Morgan fingerprint density at radius 3 is 2.30 bits per heavy atom. The number of hydrogen-bond acceptors (Lipinski definition) is 4. The first-order chi connectivity index (χ1) is 9.29. The quantitative estimate of drug-likeness (QED) is 0.818. The average molecular weight is 304 g/mol. The minimum atomic E-state index is -3.77. The second-order valence-electron chi connectivity index (χ2n) is 4.52. The van der Waals surface area contributed by atoms with Crippen molar-refractivity contribution in [3.05, 3.63) is 17.9 Å². The second-order valence-corrected chi connectivity index (χ2v) is 6.52. The summed E-state index contributed by atoms with van der Waals surface area (Å²) < 4.78 is 44.7. The smallest absolute Gasteiger partial charge is 0.243 e. The van der Waals surface area contributed by atoms with Crippen LogP contribution in [0.1, 0.15) is 26.7 Å². The van der Waals surface area contributed by atoms with Gasteiger partial charge < -0.3 is 10.5 Å². The highest BCUT2D eigenvalue weighted by Crippen LogP contribution is 2.30. The van der Waals surface area contributed by atoms with E-state index in [1.807, 2.05) is 13.8 Å². The Balaban J connectivity index is 3.29. The molecule has 2 N–H and O–H groups in total. The van der Waals surface area contributed by atoms with Crippen molar-refractivity contribution in [2.45, 2.75) is 37.6 Å². The zero-order valence-corrected chi connectivity index (χ0v) is 13.0. The van der Waals surface area contributed by atoms with E-state index in [0.717, 1.165) is 6.07 Å². The number of anilines is 1. The number of nitrogen functional groups attached to an aromatic ring is 1. The van der Waals surface area contributed by atoms with Crippen molar-refractivity contribution in [3.63, 3.8) is 0 Å². The van der Waals surface area contributed by atoms with Crippen LogP contribution in [0.2, 0.25) is 0 Å². The van der Waals surface area contributed by atoms with Gasteiger partial charge in [0.2, 0.25) is 10.0 Å². The Labute approximate surface area is 119 Å². The number of nitrogens with zero attached hydrogens (tertiary/aromatic N) is 1. The fourth-order valence-electron chi connectivity index (χ4n) is 2.12. The van der Waals surface area contributed by atoms with Crippen LogP contribution in [0.25, 0.3) is 0 Å². The molecule has 1 aromatic rings. The molecule has 1 aromatic carbocycles.